The van der Waals surface area contributed by atoms with Gasteiger partial charge >= 0.3 is 0 Å². The van der Waals surface area contributed by atoms with Crippen LogP contribution in [0.2, 0.25) is 0 Å². The van der Waals surface area contributed by atoms with E-state index in [0.29, 0.717) is 22.9 Å². The van der Waals surface area contributed by atoms with Crippen LogP contribution in [0.3, 0.4) is 0 Å². The molecule has 0 radical (unpaired) electrons. The van der Waals surface area contributed by atoms with E-state index in [4.69, 9.17) is 14.2 Å². The van der Waals surface area contributed by atoms with Crippen molar-refractivity contribution in [3.8, 4) is 28.7 Å². The Hall–Kier alpha value is -4.53. The van der Waals surface area contributed by atoms with Crippen LogP contribution >= 0.6 is 0 Å². The van der Waals surface area contributed by atoms with Gasteiger partial charge in [-0.25, -0.2) is 4.98 Å². The van der Waals surface area contributed by atoms with E-state index in [1.807, 2.05) is 0 Å². The molecule has 1 aliphatic heterocycles. The number of aromatic nitrogens is 2. The molecule has 0 saturated heterocycles. The summed E-state index contributed by atoms with van der Waals surface area (Å²) in [6.45, 7) is 0.275. The molecule has 2 aromatic heterocycles. The van der Waals surface area contributed by atoms with Crippen molar-refractivity contribution < 1.29 is 24.1 Å². The Balaban J connectivity index is 1.54. The van der Waals surface area contributed by atoms with Crippen LogP contribution in [0.4, 0.5) is 0 Å². The zero-order valence-electron chi connectivity index (χ0n) is 17.6. The van der Waals surface area contributed by atoms with Crippen LogP contribution in [0.5, 0.6) is 23.0 Å². The van der Waals surface area contributed by atoms with Gasteiger partial charge in [-0.1, -0.05) is 6.07 Å². The largest absolute Gasteiger partial charge is 0.506 e. The van der Waals surface area contributed by atoms with E-state index >= 15 is 0 Å². The normalized spacial score (nSPS) is 12.0. The maximum Gasteiger partial charge on any atom is 0.273 e. The Labute approximate surface area is 187 Å². The van der Waals surface area contributed by atoms with Crippen LogP contribution in [0.1, 0.15) is 15.9 Å². The van der Waals surface area contributed by atoms with Gasteiger partial charge in [-0.15, -0.1) is 0 Å². The Morgan fingerprint density at radius 1 is 1.15 bits per heavy atom. The molecular weight excluding hydrogens is 426 g/mol. The monoisotopic (exact) mass is 445 g/mol. The van der Waals surface area contributed by atoms with Crippen molar-refractivity contribution in [2.75, 3.05) is 13.9 Å². The number of carbonyl (C=O) groups excluding carboxylic acids is 1. The Kier molecular flexibility index (Phi) is 5.06. The number of carbonyl (C=O) groups is 1. The molecule has 0 bridgehead atoms. The van der Waals surface area contributed by atoms with Gasteiger partial charge in [0.1, 0.15) is 17.1 Å². The number of benzene rings is 2. The van der Waals surface area contributed by atoms with Crippen molar-refractivity contribution in [1.82, 2.24) is 14.9 Å². The van der Waals surface area contributed by atoms with Crippen LogP contribution in [0.25, 0.3) is 16.7 Å². The molecule has 0 aliphatic carbocycles. The zero-order chi connectivity index (χ0) is 22.9. The Morgan fingerprint density at radius 2 is 1.94 bits per heavy atom. The van der Waals surface area contributed by atoms with Crippen LogP contribution in [0, 0.1) is 0 Å². The number of nitrogens with zero attached hydrogens (tertiary/aromatic N) is 2. The van der Waals surface area contributed by atoms with Gasteiger partial charge < -0.3 is 24.6 Å². The summed E-state index contributed by atoms with van der Waals surface area (Å²) in [7, 11) is 1.54. The highest BCUT2D eigenvalue weighted by Crippen LogP contribution is 2.32. The first-order valence-electron chi connectivity index (χ1n) is 10.1. The van der Waals surface area contributed by atoms with Crippen LogP contribution < -0.4 is 25.1 Å². The fraction of sp³-hybridized carbons (Fsp3) is 0.125. The molecule has 0 unspecified atom stereocenters. The van der Waals surface area contributed by atoms with Crippen molar-refractivity contribution in [2.45, 2.75) is 6.54 Å². The molecule has 2 N–H and O–H groups in total. The predicted molar refractivity (Wildman–Crippen MR) is 119 cm³/mol. The highest BCUT2D eigenvalue weighted by molar-refractivity contribution is 6.02. The summed E-state index contributed by atoms with van der Waals surface area (Å²) < 4.78 is 17.1. The lowest BCUT2D eigenvalue weighted by Crippen LogP contribution is -2.33. The average Bonchev–Trinajstić information content (AvgIpc) is 3.31. The Morgan fingerprint density at radius 3 is 2.73 bits per heavy atom. The third-order valence-electron chi connectivity index (χ3n) is 5.36. The highest BCUT2D eigenvalue weighted by Gasteiger charge is 2.24. The molecule has 9 heteroatoms. The van der Waals surface area contributed by atoms with Gasteiger partial charge in [0.05, 0.1) is 18.2 Å². The molecule has 1 amide bonds. The minimum absolute atomic E-state index is 0.127. The van der Waals surface area contributed by atoms with Crippen molar-refractivity contribution in [2.24, 2.45) is 0 Å². The molecule has 166 valence electrons. The molecule has 2 aromatic carbocycles. The van der Waals surface area contributed by atoms with Gasteiger partial charge in [0.15, 0.2) is 17.1 Å². The molecule has 4 aromatic rings. The standard InChI is InChI=1S/C24H19N3O6/c1-31-16-7-5-15(6-8-16)27-22-17(3-2-10-25-22)21(28)20(24(27)30)23(29)26-12-14-4-9-18-19(11-14)33-13-32-18/h2-11,28H,12-13H2,1H3,(H,26,29). The van der Waals surface area contributed by atoms with Gasteiger partial charge in [0, 0.05) is 12.7 Å². The quantitative estimate of drug-likeness (QED) is 0.486. The van der Waals surface area contributed by atoms with Crippen molar-refractivity contribution in [3.05, 3.63) is 82.3 Å². The molecular formula is C24H19N3O6. The van der Waals surface area contributed by atoms with Gasteiger partial charge in [-0.05, 0) is 54.1 Å². The third kappa shape index (κ3) is 3.59. The summed E-state index contributed by atoms with van der Waals surface area (Å²) in [5, 5.41) is 13.8. The van der Waals surface area contributed by atoms with Crippen LogP contribution in [0.15, 0.2) is 65.6 Å². The van der Waals surface area contributed by atoms with Crippen molar-refractivity contribution in [1.29, 1.82) is 0 Å². The zero-order valence-corrected chi connectivity index (χ0v) is 17.6. The van der Waals surface area contributed by atoms with E-state index in [0.717, 1.165) is 5.56 Å². The fourth-order valence-electron chi connectivity index (χ4n) is 3.70. The summed E-state index contributed by atoms with van der Waals surface area (Å²) in [6, 6.07) is 15.3. The first kappa shape index (κ1) is 20.4. The van der Waals surface area contributed by atoms with Gasteiger partial charge in [0.25, 0.3) is 11.5 Å². The number of hydrogen-bond donors (Lipinski definition) is 2. The molecule has 0 atom stereocenters. The minimum atomic E-state index is -0.705. The average molecular weight is 445 g/mol. The lowest BCUT2D eigenvalue weighted by Gasteiger charge is -2.14. The second-order valence-electron chi connectivity index (χ2n) is 7.31. The number of ether oxygens (including phenoxy) is 3. The number of hydrogen-bond acceptors (Lipinski definition) is 7. The van der Waals surface area contributed by atoms with Gasteiger partial charge in [0.2, 0.25) is 6.79 Å². The molecule has 0 fully saturated rings. The highest BCUT2D eigenvalue weighted by atomic mass is 16.7. The number of nitrogens with one attached hydrogen (secondary N) is 1. The number of aromatic hydroxyl groups is 1. The fourth-order valence-corrected chi connectivity index (χ4v) is 3.70. The number of fused-ring (bicyclic) bond motifs is 2. The molecule has 9 nitrogen and oxygen atoms in total. The lowest BCUT2D eigenvalue weighted by atomic mass is 10.1. The molecule has 0 saturated carbocycles. The van der Waals surface area contributed by atoms with E-state index in [2.05, 4.69) is 10.3 Å². The molecule has 3 heterocycles. The predicted octanol–water partition coefficient (Wildman–Crippen LogP) is 2.76. The molecule has 33 heavy (non-hydrogen) atoms. The number of methoxy groups -OCH3 is 1. The lowest BCUT2D eigenvalue weighted by molar-refractivity contribution is 0.0946. The summed E-state index contributed by atoms with van der Waals surface area (Å²) in [5.74, 6) is 0.708. The van der Waals surface area contributed by atoms with Crippen molar-refractivity contribution in [3.63, 3.8) is 0 Å². The summed E-state index contributed by atoms with van der Waals surface area (Å²) in [6.07, 6.45) is 1.51. The number of amides is 1. The van der Waals surface area contributed by atoms with Crippen molar-refractivity contribution >= 4 is 16.9 Å². The summed E-state index contributed by atoms with van der Waals surface area (Å²) >= 11 is 0. The molecule has 1 aliphatic rings. The Bertz CT molecular complexity index is 1430. The van der Waals surface area contributed by atoms with E-state index in [1.165, 1.54) is 10.8 Å². The van der Waals surface area contributed by atoms with Gasteiger partial charge in [-0.3, -0.25) is 14.2 Å². The molecule has 5 rings (SSSR count). The summed E-state index contributed by atoms with van der Waals surface area (Å²) in [4.78, 5) is 30.7. The van der Waals surface area contributed by atoms with E-state index < -0.39 is 17.2 Å². The SMILES string of the molecule is COc1ccc(-n2c(=O)c(C(=O)NCc3ccc4c(c3)OCO4)c(O)c3cccnc32)cc1. The van der Waals surface area contributed by atoms with E-state index in [9.17, 15) is 14.7 Å². The maximum atomic E-state index is 13.4. The second kappa shape index (κ2) is 8.19. The number of rotatable bonds is 5. The smallest absolute Gasteiger partial charge is 0.273 e. The van der Waals surface area contributed by atoms with Gasteiger partial charge in [-0.2, -0.15) is 0 Å². The van der Waals surface area contributed by atoms with E-state index in [-0.39, 0.29) is 29.9 Å². The topological polar surface area (TPSA) is 112 Å². The first-order valence-corrected chi connectivity index (χ1v) is 10.1. The minimum Gasteiger partial charge on any atom is -0.506 e. The third-order valence-corrected chi connectivity index (χ3v) is 5.36. The second-order valence-corrected chi connectivity index (χ2v) is 7.31. The summed E-state index contributed by atoms with van der Waals surface area (Å²) in [5.41, 5.74) is 0.413. The van der Waals surface area contributed by atoms with E-state index in [1.54, 1.807) is 61.7 Å². The maximum absolute atomic E-state index is 13.4. The number of pyridine rings is 2. The van der Waals surface area contributed by atoms with Crippen LogP contribution in [-0.2, 0) is 6.54 Å². The molecule has 0 spiro atoms. The first-order chi connectivity index (χ1) is 16.1. The van der Waals surface area contributed by atoms with Crippen LogP contribution in [-0.4, -0.2) is 34.5 Å².